The third kappa shape index (κ3) is 2.03. The van der Waals surface area contributed by atoms with Gasteiger partial charge in [-0.2, -0.15) is 0 Å². The monoisotopic (exact) mass is 289 g/mol. The third-order valence-electron chi connectivity index (χ3n) is 2.78. The summed E-state index contributed by atoms with van der Waals surface area (Å²) in [6.45, 7) is 0. The molecule has 0 N–H and O–H groups in total. The summed E-state index contributed by atoms with van der Waals surface area (Å²) in [5.74, 6) is -0.601. The van der Waals surface area contributed by atoms with Gasteiger partial charge >= 0.3 is 0 Å². The molecule has 1 aliphatic heterocycles. The fraction of sp³-hybridized carbons (Fsp3) is 0. The fourth-order valence-electron chi connectivity index (χ4n) is 1.87. The van der Waals surface area contributed by atoms with Crippen molar-refractivity contribution in [1.82, 2.24) is 4.31 Å². The largest absolute Gasteiger partial charge is 0.272 e. The standard InChI is InChI=1S/C14H8ClNO2S/c15-11-7-3-4-8-12(11)19-16-13(17)9-5-1-2-6-10(9)14(16)18/h1-8H. The van der Waals surface area contributed by atoms with Crippen LogP contribution in [0.3, 0.4) is 0 Å². The lowest BCUT2D eigenvalue weighted by Crippen LogP contribution is -2.21. The van der Waals surface area contributed by atoms with Gasteiger partial charge in [-0.05, 0) is 36.2 Å². The van der Waals surface area contributed by atoms with Gasteiger partial charge in [0, 0.05) is 4.90 Å². The Bertz CT molecular complexity index is 652. The van der Waals surface area contributed by atoms with E-state index >= 15 is 0 Å². The van der Waals surface area contributed by atoms with Crippen LogP contribution in [0.25, 0.3) is 0 Å². The molecule has 2 amide bonds. The second-order valence-corrected chi connectivity index (χ2v) is 5.37. The summed E-state index contributed by atoms with van der Waals surface area (Å²) in [5, 5.41) is 0.518. The Balaban J connectivity index is 1.95. The van der Waals surface area contributed by atoms with Crippen LogP contribution in [-0.2, 0) is 0 Å². The highest BCUT2D eigenvalue weighted by Crippen LogP contribution is 2.35. The second kappa shape index (κ2) is 4.72. The van der Waals surface area contributed by atoms with E-state index in [0.717, 1.165) is 16.3 Å². The number of nitrogens with zero attached hydrogens (tertiary/aromatic N) is 1. The van der Waals surface area contributed by atoms with E-state index in [4.69, 9.17) is 11.6 Å². The summed E-state index contributed by atoms with van der Waals surface area (Å²) < 4.78 is 1.14. The molecule has 0 atom stereocenters. The molecule has 0 unspecified atom stereocenters. The van der Waals surface area contributed by atoms with Crippen LogP contribution in [-0.4, -0.2) is 16.1 Å². The molecule has 3 nitrogen and oxygen atoms in total. The zero-order valence-corrected chi connectivity index (χ0v) is 11.2. The molecular weight excluding hydrogens is 282 g/mol. The summed E-state index contributed by atoms with van der Waals surface area (Å²) >= 11 is 7.09. The molecule has 3 rings (SSSR count). The van der Waals surface area contributed by atoms with Crippen molar-refractivity contribution in [3.8, 4) is 0 Å². The number of hydrogen-bond acceptors (Lipinski definition) is 3. The van der Waals surface area contributed by atoms with E-state index in [1.807, 2.05) is 6.07 Å². The van der Waals surface area contributed by atoms with Crippen molar-refractivity contribution in [2.45, 2.75) is 4.90 Å². The summed E-state index contributed by atoms with van der Waals surface area (Å²) in [5.41, 5.74) is 0.874. The molecule has 94 valence electrons. The van der Waals surface area contributed by atoms with Crippen LogP contribution < -0.4 is 0 Å². The van der Waals surface area contributed by atoms with Gasteiger partial charge in [-0.25, -0.2) is 4.31 Å². The Morgan fingerprint density at radius 2 is 1.37 bits per heavy atom. The van der Waals surface area contributed by atoms with Crippen molar-refractivity contribution in [1.29, 1.82) is 0 Å². The molecule has 0 fully saturated rings. The number of imide groups is 1. The average Bonchev–Trinajstić information content (AvgIpc) is 2.67. The van der Waals surface area contributed by atoms with Crippen molar-refractivity contribution in [2.75, 3.05) is 0 Å². The van der Waals surface area contributed by atoms with E-state index in [9.17, 15) is 9.59 Å². The average molecular weight is 290 g/mol. The minimum atomic E-state index is -0.300. The number of benzene rings is 2. The first kappa shape index (κ1) is 12.3. The van der Waals surface area contributed by atoms with E-state index < -0.39 is 0 Å². The Morgan fingerprint density at radius 1 is 0.842 bits per heavy atom. The minimum absolute atomic E-state index is 0.300. The number of rotatable bonds is 2. The summed E-state index contributed by atoms with van der Waals surface area (Å²) in [6, 6.07) is 13.9. The van der Waals surface area contributed by atoms with Gasteiger partial charge in [0.15, 0.2) is 0 Å². The van der Waals surface area contributed by atoms with E-state index in [1.165, 1.54) is 0 Å². The van der Waals surface area contributed by atoms with Crippen LogP contribution in [0.2, 0.25) is 5.02 Å². The van der Waals surface area contributed by atoms with Gasteiger partial charge in [0.1, 0.15) is 0 Å². The molecule has 0 aliphatic carbocycles. The van der Waals surface area contributed by atoms with Crippen LogP contribution in [0.4, 0.5) is 0 Å². The van der Waals surface area contributed by atoms with Crippen molar-refractivity contribution in [3.05, 3.63) is 64.7 Å². The molecule has 5 heteroatoms. The SMILES string of the molecule is O=C1c2ccccc2C(=O)N1Sc1ccccc1Cl. The van der Waals surface area contributed by atoms with Crippen LogP contribution in [0.1, 0.15) is 20.7 Å². The van der Waals surface area contributed by atoms with Gasteiger partial charge in [-0.3, -0.25) is 9.59 Å². The van der Waals surface area contributed by atoms with Crippen LogP contribution in [0, 0.1) is 0 Å². The van der Waals surface area contributed by atoms with Gasteiger partial charge in [0.25, 0.3) is 11.8 Å². The lowest BCUT2D eigenvalue weighted by molar-refractivity contribution is 0.0777. The third-order valence-corrected chi connectivity index (χ3v) is 4.29. The molecular formula is C14H8ClNO2S. The second-order valence-electron chi connectivity index (χ2n) is 3.97. The first-order chi connectivity index (χ1) is 9.18. The number of amides is 2. The number of halogens is 1. The molecule has 19 heavy (non-hydrogen) atoms. The first-order valence-electron chi connectivity index (χ1n) is 5.59. The lowest BCUT2D eigenvalue weighted by Gasteiger charge is -2.12. The van der Waals surface area contributed by atoms with Gasteiger partial charge in [0.2, 0.25) is 0 Å². The molecule has 0 spiro atoms. The normalized spacial score (nSPS) is 13.8. The Labute approximate surface area is 119 Å². The zero-order chi connectivity index (χ0) is 13.4. The zero-order valence-electron chi connectivity index (χ0n) is 9.67. The van der Waals surface area contributed by atoms with Crippen molar-refractivity contribution in [3.63, 3.8) is 0 Å². The van der Waals surface area contributed by atoms with Crippen molar-refractivity contribution in [2.24, 2.45) is 0 Å². The highest BCUT2D eigenvalue weighted by molar-refractivity contribution is 7.98. The molecule has 2 aromatic rings. The summed E-state index contributed by atoms with van der Waals surface area (Å²) in [7, 11) is 0. The van der Waals surface area contributed by atoms with Gasteiger partial charge in [0.05, 0.1) is 16.1 Å². The maximum absolute atomic E-state index is 12.2. The van der Waals surface area contributed by atoms with Crippen molar-refractivity contribution >= 4 is 35.4 Å². The number of carbonyl (C=O) groups excluding carboxylic acids is 2. The molecule has 1 aliphatic rings. The number of hydrogen-bond donors (Lipinski definition) is 0. The van der Waals surface area contributed by atoms with Crippen LogP contribution in [0.5, 0.6) is 0 Å². The highest BCUT2D eigenvalue weighted by Gasteiger charge is 2.36. The number of fused-ring (bicyclic) bond motifs is 1. The van der Waals surface area contributed by atoms with E-state index in [1.54, 1.807) is 42.5 Å². The molecule has 2 aromatic carbocycles. The quantitative estimate of drug-likeness (QED) is 0.626. The maximum atomic E-state index is 12.2. The summed E-state index contributed by atoms with van der Waals surface area (Å²) in [6.07, 6.45) is 0. The van der Waals surface area contributed by atoms with Gasteiger partial charge < -0.3 is 0 Å². The molecule has 0 bridgehead atoms. The highest BCUT2D eigenvalue weighted by atomic mass is 35.5. The van der Waals surface area contributed by atoms with E-state index in [-0.39, 0.29) is 11.8 Å². The Morgan fingerprint density at radius 3 is 1.95 bits per heavy atom. The maximum Gasteiger partial charge on any atom is 0.272 e. The predicted molar refractivity (Wildman–Crippen MR) is 74.3 cm³/mol. The topological polar surface area (TPSA) is 37.4 Å². The first-order valence-corrected chi connectivity index (χ1v) is 6.74. The molecule has 0 aromatic heterocycles. The number of carbonyl (C=O) groups is 2. The fourth-order valence-corrected chi connectivity index (χ4v) is 2.96. The van der Waals surface area contributed by atoms with Crippen molar-refractivity contribution < 1.29 is 9.59 Å². The Hall–Kier alpha value is -1.78. The summed E-state index contributed by atoms with van der Waals surface area (Å²) in [4.78, 5) is 25.0. The van der Waals surface area contributed by atoms with Gasteiger partial charge in [-0.1, -0.05) is 35.9 Å². The van der Waals surface area contributed by atoms with Crippen LogP contribution >= 0.6 is 23.5 Å². The molecule has 0 saturated heterocycles. The molecule has 1 heterocycles. The van der Waals surface area contributed by atoms with Gasteiger partial charge in [-0.15, -0.1) is 0 Å². The van der Waals surface area contributed by atoms with E-state index in [0.29, 0.717) is 21.0 Å². The smallest absolute Gasteiger partial charge is 0.268 e. The molecule has 0 saturated carbocycles. The molecule has 0 radical (unpaired) electrons. The predicted octanol–water partition coefficient (Wildman–Crippen LogP) is 3.64. The Kier molecular flexibility index (Phi) is 3.05. The lowest BCUT2D eigenvalue weighted by atomic mass is 10.1. The van der Waals surface area contributed by atoms with E-state index in [2.05, 4.69) is 0 Å². The minimum Gasteiger partial charge on any atom is -0.268 e. The van der Waals surface area contributed by atoms with Crippen LogP contribution in [0.15, 0.2) is 53.4 Å².